The van der Waals surface area contributed by atoms with E-state index in [2.05, 4.69) is 20.6 Å². The standard InChI is InChI=1S/C19H18N6O4/c1-9(26)13-7-24(8-17(27)25-14-5-11(14)6-16(25)19(28)29)15-4-10(2-3-12(13)15)18-20-22-23-21-18/h2-4,7,11,14,16H,5-6,8H2,1H3,(H,28,29)(H,20,21,22,23)/t11-,14-,16+/m1/s1. The number of rotatable bonds is 5. The van der Waals surface area contributed by atoms with E-state index in [9.17, 15) is 19.5 Å². The van der Waals surface area contributed by atoms with Crippen molar-refractivity contribution in [2.24, 2.45) is 5.92 Å². The van der Waals surface area contributed by atoms with Crippen LogP contribution < -0.4 is 0 Å². The summed E-state index contributed by atoms with van der Waals surface area (Å²) in [4.78, 5) is 38.2. The van der Waals surface area contributed by atoms with Gasteiger partial charge in [-0.15, -0.1) is 10.2 Å². The molecule has 1 aromatic carbocycles. The van der Waals surface area contributed by atoms with Gasteiger partial charge in [0, 0.05) is 34.3 Å². The lowest BCUT2D eigenvalue weighted by Gasteiger charge is -2.24. The fourth-order valence-corrected chi connectivity index (χ4v) is 4.39. The van der Waals surface area contributed by atoms with Gasteiger partial charge in [0.2, 0.25) is 11.7 Å². The van der Waals surface area contributed by atoms with E-state index in [0.29, 0.717) is 34.8 Å². The Morgan fingerprint density at radius 3 is 2.79 bits per heavy atom. The van der Waals surface area contributed by atoms with Gasteiger partial charge >= 0.3 is 5.97 Å². The molecule has 1 saturated carbocycles. The first-order valence-corrected chi connectivity index (χ1v) is 9.35. The summed E-state index contributed by atoms with van der Waals surface area (Å²) < 4.78 is 1.70. The second-order valence-electron chi connectivity index (χ2n) is 7.65. The number of carboxylic acids is 1. The highest BCUT2D eigenvalue weighted by atomic mass is 16.4. The summed E-state index contributed by atoms with van der Waals surface area (Å²) in [5.74, 6) is -0.632. The molecule has 1 aliphatic heterocycles. The number of benzene rings is 1. The number of carbonyl (C=O) groups excluding carboxylic acids is 2. The van der Waals surface area contributed by atoms with Crippen LogP contribution in [0.5, 0.6) is 0 Å². The average molecular weight is 394 g/mol. The van der Waals surface area contributed by atoms with Crippen molar-refractivity contribution in [1.29, 1.82) is 0 Å². The molecule has 0 unspecified atom stereocenters. The molecule has 2 aromatic heterocycles. The van der Waals surface area contributed by atoms with Crippen LogP contribution in [0.1, 0.15) is 30.1 Å². The Morgan fingerprint density at radius 1 is 1.28 bits per heavy atom. The molecule has 1 saturated heterocycles. The highest BCUT2D eigenvalue weighted by Crippen LogP contribution is 2.48. The first kappa shape index (κ1) is 17.5. The fourth-order valence-electron chi connectivity index (χ4n) is 4.39. The van der Waals surface area contributed by atoms with Crippen molar-refractivity contribution in [2.45, 2.75) is 38.4 Å². The molecule has 3 aromatic rings. The van der Waals surface area contributed by atoms with Crippen molar-refractivity contribution >= 4 is 28.6 Å². The molecule has 148 valence electrons. The Balaban J connectivity index is 1.53. The molecule has 10 heteroatoms. The number of tetrazole rings is 1. The van der Waals surface area contributed by atoms with E-state index in [-0.39, 0.29) is 24.3 Å². The Labute approximate surface area is 164 Å². The van der Waals surface area contributed by atoms with Crippen LogP contribution in [0.3, 0.4) is 0 Å². The zero-order chi connectivity index (χ0) is 20.3. The summed E-state index contributed by atoms with van der Waals surface area (Å²) in [6.07, 6.45) is 3.03. The maximum atomic E-state index is 13.0. The number of Topliss-reactive ketones (excluding diaryl/α,β-unsaturated/α-hetero) is 1. The van der Waals surface area contributed by atoms with E-state index in [1.807, 2.05) is 0 Å². The average Bonchev–Trinajstić information content (AvgIpc) is 3.09. The normalized spacial score (nSPS) is 22.7. The first-order valence-electron chi connectivity index (χ1n) is 9.35. The zero-order valence-electron chi connectivity index (χ0n) is 15.6. The van der Waals surface area contributed by atoms with Gasteiger partial charge in [0.25, 0.3) is 0 Å². The van der Waals surface area contributed by atoms with E-state index in [1.165, 1.54) is 11.8 Å². The summed E-state index contributed by atoms with van der Waals surface area (Å²) in [6.45, 7) is 1.44. The van der Waals surface area contributed by atoms with Gasteiger partial charge < -0.3 is 14.6 Å². The summed E-state index contributed by atoms with van der Waals surface area (Å²) in [7, 11) is 0. The van der Waals surface area contributed by atoms with E-state index in [1.54, 1.807) is 29.0 Å². The van der Waals surface area contributed by atoms with Crippen LogP contribution in [-0.2, 0) is 16.1 Å². The van der Waals surface area contributed by atoms with Crippen LogP contribution in [-0.4, -0.2) is 64.9 Å². The van der Waals surface area contributed by atoms with Crippen molar-refractivity contribution in [3.05, 3.63) is 30.0 Å². The minimum Gasteiger partial charge on any atom is -0.480 e. The molecule has 0 spiro atoms. The molecular formula is C19H18N6O4. The van der Waals surface area contributed by atoms with Crippen molar-refractivity contribution in [3.8, 4) is 11.4 Å². The number of fused-ring (bicyclic) bond motifs is 2. The van der Waals surface area contributed by atoms with Gasteiger partial charge in [-0.25, -0.2) is 4.79 Å². The number of piperidine rings is 1. The number of carbonyl (C=O) groups is 3. The van der Waals surface area contributed by atoms with Crippen LogP contribution in [0.25, 0.3) is 22.3 Å². The SMILES string of the molecule is CC(=O)c1cn(CC(=O)N2[C@@H]3C[C@@H]3C[C@H]2C(=O)O)c2cc(-c3nn[nH]n3)ccc12. The predicted octanol–water partition coefficient (Wildman–Crippen LogP) is 1.10. The number of H-pyrrole nitrogens is 1. The lowest BCUT2D eigenvalue weighted by atomic mass is 10.1. The van der Waals surface area contributed by atoms with Crippen LogP contribution in [0, 0.1) is 5.92 Å². The number of aromatic nitrogens is 5. The summed E-state index contributed by atoms with van der Waals surface area (Å²) in [6, 6.07) is 4.65. The molecule has 3 heterocycles. The number of aromatic amines is 1. The topological polar surface area (TPSA) is 134 Å². The Morgan fingerprint density at radius 2 is 2.10 bits per heavy atom. The number of nitrogens with zero attached hydrogens (tertiary/aromatic N) is 5. The number of hydrogen-bond donors (Lipinski definition) is 2. The van der Waals surface area contributed by atoms with Gasteiger partial charge in [0.05, 0.1) is 0 Å². The monoisotopic (exact) mass is 394 g/mol. The number of nitrogens with one attached hydrogen (secondary N) is 1. The van der Waals surface area contributed by atoms with Crippen molar-refractivity contribution < 1.29 is 19.5 Å². The Hall–Kier alpha value is -3.56. The number of amides is 1. The quantitative estimate of drug-likeness (QED) is 0.619. The van der Waals surface area contributed by atoms with Gasteiger partial charge in [0.15, 0.2) is 5.78 Å². The van der Waals surface area contributed by atoms with Crippen LogP contribution >= 0.6 is 0 Å². The minimum absolute atomic E-state index is 0.0209. The highest BCUT2D eigenvalue weighted by Gasteiger charge is 2.56. The number of aliphatic carboxylic acids is 1. The van der Waals surface area contributed by atoms with Gasteiger partial charge in [-0.2, -0.15) is 5.21 Å². The third kappa shape index (κ3) is 2.79. The Kier molecular flexibility index (Phi) is 3.76. The molecule has 1 amide bonds. The third-order valence-corrected chi connectivity index (χ3v) is 5.85. The zero-order valence-corrected chi connectivity index (χ0v) is 15.6. The minimum atomic E-state index is -0.966. The second-order valence-corrected chi connectivity index (χ2v) is 7.65. The largest absolute Gasteiger partial charge is 0.480 e. The second kappa shape index (κ2) is 6.23. The van der Waals surface area contributed by atoms with Crippen molar-refractivity contribution in [2.75, 3.05) is 0 Å². The molecule has 1 aliphatic carbocycles. The van der Waals surface area contributed by atoms with Gasteiger partial charge in [-0.1, -0.05) is 12.1 Å². The first-order chi connectivity index (χ1) is 13.9. The predicted molar refractivity (Wildman–Crippen MR) is 99.9 cm³/mol. The van der Waals surface area contributed by atoms with Gasteiger partial charge in [-0.3, -0.25) is 9.59 Å². The van der Waals surface area contributed by atoms with Crippen LogP contribution in [0.15, 0.2) is 24.4 Å². The molecule has 29 heavy (non-hydrogen) atoms. The summed E-state index contributed by atoms with van der Waals surface area (Å²) >= 11 is 0. The maximum Gasteiger partial charge on any atom is 0.326 e. The molecule has 10 nitrogen and oxygen atoms in total. The van der Waals surface area contributed by atoms with Crippen molar-refractivity contribution in [3.63, 3.8) is 0 Å². The van der Waals surface area contributed by atoms with E-state index < -0.39 is 12.0 Å². The van der Waals surface area contributed by atoms with E-state index in [0.717, 1.165) is 11.8 Å². The summed E-state index contributed by atoms with van der Waals surface area (Å²) in [5, 5.41) is 24.1. The van der Waals surface area contributed by atoms with Gasteiger partial charge in [-0.05, 0) is 37.0 Å². The molecule has 2 N–H and O–H groups in total. The van der Waals surface area contributed by atoms with Gasteiger partial charge in [0.1, 0.15) is 12.6 Å². The van der Waals surface area contributed by atoms with Crippen molar-refractivity contribution in [1.82, 2.24) is 30.1 Å². The number of ketones is 1. The highest BCUT2D eigenvalue weighted by molar-refractivity contribution is 6.07. The molecule has 2 aliphatic rings. The van der Waals surface area contributed by atoms with Crippen LogP contribution in [0.2, 0.25) is 0 Å². The summed E-state index contributed by atoms with van der Waals surface area (Å²) in [5.41, 5.74) is 1.89. The number of hydrogen-bond acceptors (Lipinski definition) is 6. The molecule has 0 radical (unpaired) electrons. The maximum absolute atomic E-state index is 13.0. The lowest BCUT2D eigenvalue weighted by molar-refractivity contribution is -0.149. The fraction of sp³-hybridized carbons (Fsp3) is 0.368. The third-order valence-electron chi connectivity index (χ3n) is 5.85. The molecule has 0 bridgehead atoms. The molecule has 5 rings (SSSR count). The van der Waals surface area contributed by atoms with Crippen LogP contribution in [0.4, 0.5) is 0 Å². The molecule has 2 fully saturated rings. The molecule has 3 atom stereocenters. The van der Waals surface area contributed by atoms with E-state index >= 15 is 0 Å². The smallest absolute Gasteiger partial charge is 0.326 e. The molecular weight excluding hydrogens is 376 g/mol. The lowest BCUT2D eigenvalue weighted by Crippen LogP contribution is -2.44. The Bertz CT molecular complexity index is 1150. The number of carboxylic acid groups (broad SMARTS) is 1. The number of likely N-dealkylation sites (tertiary alicyclic amines) is 1. The van der Waals surface area contributed by atoms with E-state index in [4.69, 9.17) is 0 Å².